The summed E-state index contributed by atoms with van der Waals surface area (Å²) in [5.41, 5.74) is -0.146. The van der Waals surface area contributed by atoms with Crippen molar-refractivity contribution >= 4 is 5.97 Å². The Morgan fingerprint density at radius 1 is 1.62 bits per heavy atom. The summed E-state index contributed by atoms with van der Waals surface area (Å²) in [4.78, 5) is 10.8. The van der Waals surface area contributed by atoms with Crippen molar-refractivity contribution in [2.45, 2.75) is 39.2 Å². The Morgan fingerprint density at radius 3 is 2.69 bits per heavy atom. The molecular weight excluding hydrogens is 168 g/mol. The summed E-state index contributed by atoms with van der Waals surface area (Å²) in [5.74, 6) is -0.674. The summed E-state index contributed by atoms with van der Waals surface area (Å²) in [6, 6.07) is 0. The molecule has 1 aliphatic rings. The predicted molar refractivity (Wildman–Crippen MR) is 49.6 cm³/mol. The molecule has 0 bridgehead atoms. The van der Waals surface area contributed by atoms with Crippen molar-refractivity contribution in [1.29, 1.82) is 0 Å². The van der Waals surface area contributed by atoms with E-state index in [1.54, 1.807) is 6.92 Å². The van der Waals surface area contributed by atoms with E-state index in [-0.39, 0.29) is 17.4 Å². The molecule has 0 aromatic heterocycles. The van der Waals surface area contributed by atoms with Crippen LogP contribution < -0.4 is 0 Å². The molecule has 0 saturated carbocycles. The average molecular weight is 186 g/mol. The van der Waals surface area contributed by atoms with Crippen molar-refractivity contribution in [3.63, 3.8) is 0 Å². The fourth-order valence-electron chi connectivity index (χ4n) is 1.91. The fraction of sp³-hybridized carbons (Fsp3) is 0.900. The van der Waals surface area contributed by atoms with Crippen LogP contribution in [0, 0.1) is 11.8 Å². The van der Waals surface area contributed by atoms with Gasteiger partial charge in [0, 0.05) is 6.61 Å². The first-order valence-corrected chi connectivity index (χ1v) is 4.79. The van der Waals surface area contributed by atoms with Crippen LogP contribution in [0.1, 0.15) is 33.6 Å². The van der Waals surface area contributed by atoms with Gasteiger partial charge < -0.3 is 9.84 Å². The lowest BCUT2D eigenvalue weighted by atomic mass is 9.80. The monoisotopic (exact) mass is 186 g/mol. The molecule has 1 heterocycles. The Labute approximate surface area is 79.1 Å². The van der Waals surface area contributed by atoms with Crippen LogP contribution in [0.25, 0.3) is 0 Å². The third-order valence-electron chi connectivity index (χ3n) is 2.83. The van der Waals surface area contributed by atoms with Crippen LogP contribution >= 0.6 is 0 Å². The van der Waals surface area contributed by atoms with Crippen LogP contribution in [0.2, 0.25) is 0 Å². The molecule has 2 atom stereocenters. The molecule has 1 N–H and O–H groups in total. The van der Waals surface area contributed by atoms with E-state index in [0.29, 0.717) is 6.61 Å². The number of hydrogen-bond acceptors (Lipinski definition) is 2. The zero-order valence-corrected chi connectivity index (χ0v) is 8.54. The SMILES string of the molecule is C[C@H](C(=O)O)C1CCOC(C)(C)C1. The number of carboxylic acids is 1. The minimum absolute atomic E-state index is 0.146. The Kier molecular flexibility index (Phi) is 2.96. The first-order chi connectivity index (χ1) is 5.92. The number of carboxylic acid groups (broad SMARTS) is 1. The fourth-order valence-corrected chi connectivity index (χ4v) is 1.91. The first kappa shape index (κ1) is 10.5. The van der Waals surface area contributed by atoms with E-state index in [2.05, 4.69) is 0 Å². The zero-order valence-electron chi connectivity index (χ0n) is 8.54. The Bertz CT molecular complexity index is 198. The summed E-state index contributed by atoms with van der Waals surface area (Å²) in [5, 5.41) is 8.86. The molecule has 0 aliphatic carbocycles. The molecule has 76 valence electrons. The molecule has 1 aliphatic heterocycles. The maximum Gasteiger partial charge on any atom is 0.306 e. The van der Waals surface area contributed by atoms with Gasteiger partial charge in [0.25, 0.3) is 0 Å². The van der Waals surface area contributed by atoms with Gasteiger partial charge >= 0.3 is 5.97 Å². The third-order valence-corrected chi connectivity index (χ3v) is 2.83. The molecule has 1 rings (SSSR count). The van der Waals surface area contributed by atoms with Crippen LogP contribution in [0.5, 0.6) is 0 Å². The lowest BCUT2D eigenvalue weighted by molar-refractivity contribution is -0.147. The molecule has 1 fully saturated rings. The Morgan fingerprint density at radius 2 is 2.23 bits per heavy atom. The van der Waals surface area contributed by atoms with Gasteiger partial charge in [-0.05, 0) is 32.6 Å². The lowest BCUT2D eigenvalue weighted by Gasteiger charge is -2.37. The summed E-state index contributed by atoms with van der Waals surface area (Å²) in [6.07, 6.45) is 1.72. The topological polar surface area (TPSA) is 46.5 Å². The second-order valence-electron chi connectivity index (χ2n) is 4.49. The van der Waals surface area contributed by atoms with Gasteiger partial charge in [0.05, 0.1) is 11.5 Å². The molecule has 0 spiro atoms. The number of ether oxygens (including phenoxy) is 1. The van der Waals surface area contributed by atoms with E-state index in [9.17, 15) is 4.79 Å². The van der Waals surface area contributed by atoms with Gasteiger partial charge in [-0.3, -0.25) is 4.79 Å². The highest BCUT2D eigenvalue weighted by Gasteiger charge is 2.34. The van der Waals surface area contributed by atoms with Gasteiger partial charge in [0.2, 0.25) is 0 Å². The van der Waals surface area contributed by atoms with Gasteiger partial charge in [-0.2, -0.15) is 0 Å². The maximum atomic E-state index is 10.8. The van der Waals surface area contributed by atoms with Crippen LogP contribution in [-0.2, 0) is 9.53 Å². The number of aliphatic carboxylic acids is 1. The highest BCUT2D eigenvalue weighted by Crippen LogP contribution is 2.33. The Hall–Kier alpha value is -0.570. The van der Waals surface area contributed by atoms with Crippen LogP contribution in [0.15, 0.2) is 0 Å². The van der Waals surface area contributed by atoms with E-state index in [0.717, 1.165) is 12.8 Å². The maximum absolute atomic E-state index is 10.8. The lowest BCUT2D eigenvalue weighted by Crippen LogP contribution is -2.38. The molecule has 0 amide bonds. The molecule has 0 radical (unpaired) electrons. The number of hydrogen-bond donors (Lipinski definition) is 1. The third kappa shape index (κ3) is 2.69. The highest BCUT2D eigenvalue weighted by molar-refractivity contribution is 5.69. The average Bonchev–Trinajstić information content (AvgIpc) is 2.01. The van der Waals surface area contributed by atoms with Crippen molar-refractivity contribution < 1.29 is 14.6 Å². The van der Waals surface area contributed by atoms with Gasteiger partial charge in [0.1, 0.15) is 0 Å². The molecular formula is C10H18O3. The quantitative estimate of drug-likeness (QED) is 0.716. The van der Waals surface area contributed by atoms with Crippen LogP contribution in [0.4, 0.5) is 0 Å². The summed E-state index contributed by atoms with van der Waals surface area (Å²) >= 11 is 0. The minimum Gasteiger partial charge on any atom is -0.481 e. The molecule has 0 aromatic carbocycles. The van der Waals surface area contributed by atoms with Crippen molar-refractivity contribution in [2.24, 2.45) is 11.8 Å². The molecule has 13 heavy (non-hydrogen) atoms. The van der Waals surface area contributed by atoms with Gasteiger partial charge in [-0.1, -0.05) is 6.92 Å². The van der Waals surface area contributed by atoms with Crippen LogP contribution in [-0.4, -0.2) is 23.3 Å². The zero-order chi connectivity index (χ0) is 10.1. The van der Waals surface area contributed by atoms with Gasteiger partial charge in [-0.25, -0.2) is 0 Å². The standard InChI is InChI=1S/C10H18O3/c1-7(9(11)12)8-4-5-13-10(2,3)6-8/h7-8H,4-6H2,1-3H3,(H,11,12)/t7-,8?/m0/s1. The predicted octanol–water partition coefficient (Wildman–Crippen LogP) is 1.91. The van der Waals surface area contributed by atoms with Crippen molar-refractivity contribution in [3.8, 4) is 0 Å². The summed E-state index contributed by atoms with van der Waals surface area (Å²) < 4.78 is 5.53. The molecule has 0 aromatic rings. The first-order valence-electron chi connectivity index (χ1n) is 4.79. The molecule has 1 unspecified atom stereocenters. The van der Waals surface area contributed by atoms with Crippen molar-refractivity contribution in [2.75, 3.05) is 6.61 Å². The van der Waals surface area contributed by atoms with E-state index in [1.807, 2.05) is 13.8 Å². The van der Waals surface area contributed by atoms with Gasteiger partial charge in [0.15, 0.2) is 0 Å². The van der Waals surface area contributed by atoms with E-state index < -0.39 is 5.97 Å². The summed E-state index contributed by atoms with van der Waals surface area (Å²) in [7, 11) is 0. The largest absolute Gasteiger partial charge is 0.481 e. The van der Waals surface area contributed by atoms with E-state index in [1.165, 1.54) is 0 Å². The second kappa shape index (κ2) is 3.66. The minimum atomic E-state index is -0.692. The highest BCUT2D eigenvalue weighted by atomic mass is 16.5. The Balaban J connectivity index is 2.56. The summed E-state index contributed by atoms with van der Waals surface area (Å²) in [6.45, 7) is 6.52. The molecule has 3 nitrogen and oxygen atoms in total. The van der Waals surface area contributed by atoms with Crippen molar-refractivity contribution in [1.82, 2.24) is 0 Å². The smallest absolute Gasteiger partial charge is 0.306 e. The second-order valence-corrected chi connectivity index (χ2v) is 4.49. The van der Waals surface area contributed by atoms with E-state index >= 15 is 0 Å². The van der Waals surface area contributed by atoms with Crippen molar-refractivity contribution in [3.05, 3.63) is 0 Å². The number of rotatable bonds is 2. The van der Waals surface area contributed by atoms with E-state index in [4.69, 9.17) is 9.84 Å². The molecule has 1 saturated heterocycles. The van der Waals surface area contributed by atoms with Crippen LogP contribution in [0.3, 0.4) is 0 Å². The molecule has 3 heteroatoms. The van der Waals surface area contributed by atoms with Gasteiger partial charge in [-0.15, -0.1) is 0 Å². The normalized spacial score (nSPS) is 29.6. The number of carbonyl (C=O) groups is 1.